The predicted molar refractivity (Wildman–Crippen MR) is 116 cm³/mol. The first-order valence-corrected chi connectivity index (χ1v) is 10.7. The fourth-order valence-electron chi connectivity index (χ4n) is 3.99. The summed E-state index contributed by atoms with van der Waals surface area (Å²) in [5, 5.41) is 3.27. The molecule has 3 heterocycles. The number of fused-ring (bicyclic) bond motifs is 2. The summed E-state index contributed by atoms with van der Waals surface area (Å²) in [6.07, 6.45) is 3.96. The van der Waals surface area contributed by atoms with E-state index in [0.717, 1.165) is 34.3 Å². The second-order valence-electron chi connectivity index (χ2n) is 7.85. The van der Waals surface area contributed by atoms with Gasteiger partial charge in [-0.05, 0) is 30.7 Å². The number of methoxy groups -OCH3 is 1. The van der Waals surface area contributed by atoms with Gasteiger partial charge in [-0.15, -0.1) is 11.3 Å². The summed E-state index contributed by atoms with van der Waals surface area (Å²) in [7, 11) is 4.21. The number of aromatic nitrogens is 4. The van der Waals surface area contributed by atoms with Crippen LogP contribution in [0.25, 0.3) is 11.2 Å². The zero-order valence-corrected chi connectivity index (χ0v) is 18.5. The number of amides is 1. The van der Waals surface area contributed by atoms with Crippen molar-refractivity contribution in [2.75, 3.05) is 12.4 Å². The van der Waals surface area contributed by atoms with E-state index in [0.29, 0.717) is 16.5 Å². The van der Waals surface area contributed by atoms with Gasteiger partial charge in [0.1, 0.15) is 11.5 Å². The van der Waals surface area contributed by atoms with Crippen LogP contribution in [0.15, 0.2) is 15.9 Å². The van der Waals surface area contributed by atoms with Crippen molar-refractivity contribution in [3.05, 3.63) is 43.2 Å². The fraction of sp³-hybridized carbons (Fsp3) is 0.450. The summed E-state index contributed by atoms with van der Waals surface area (Å²) >= 11 is 1.40. The van der Waals surface area contributed by atoms with Gasteiger partial charge in [-0.25, -0.2) is 14.6 Å². The Morgan fingerprint density at radius 1 is 1.29 bits per heavy atom. The number of esters is 1. The van der Waals surface area contributed by atoms with E-state index in [1.807, 2.05) is 0 Å². The largest absolute Gasteiger partial charge is 0.465 e. The van der Waals surface area contributed by atoms with Crippen molar-refractivity contribution >= 4 is 39.4 Å². The van der Waals surface area contributed by atoms with Crippen LogP contribution in [0, 0.1) is 5.92 Å². The number of carbonyl (C=O) groups excluding carboxylic acids is 2. The molecule has 0 fully saturated rings. The third-order valence-corrected chi connectivity index (χ3v) is 6.86. The first-order valence-electron chi connectivity index (χ1n) is 9.86. The Hall–Kier alpha value is -3.21. The number of carbonyl (C=O) groups is 2. The molecule has 3 aromatic rings. The number of imidazole rings is 1. The molecule has 1 aliphatic rings. The van der Waals surface area contributed by atoms with Crippen LogP contribution in [0.1, 0.15) is 34.1 Å². The summed E-state index contributed by atoms with van der Waals surface area (Å²) in [6.45, 7) is 1.97. The minimum atomic E-state index is -0.528. The fourth-order valence-corrected chi connectivity index (χ4v) is 5.41. The van der Waals surface area contributed by atoms with Gasteiger partial charge < -0.3 is 14.6 Å². The third kappa shape index (κ3) is 3.48. The third-order valence-electron chi connectivity index (χ3n) is 5.69. The molecule has 1 amide bonds. The Labute approximate surface area is 181 Å². The van der Waals surface area contributed by atoms with Gasteiger partial charge in [-0.1, -0.05) is 6.92 Å². The van der Waals surface area contributed by atoms with Crippen molar-refractivity contribution in [2.45, 2.75) is 32.7 Å². The zero-order valence-electron chi connectivity index (χ0n) is 17.7. The first kappa shape index (κ1) is 21.0. The van der Waals surface area contributed by atoms with Crippen molar-refractivity contribution in [3.8, 4) is 0 Å². The highest BCUT2D eigenvalue weighted by atomic mass is 32.1. The molecule has 0 aliphatic heterocycles. The molecule has 0 saturated carbocycles. The van der Waals surface area contributed by atoms with E-state index in [1.54, 1.807) is 0 Å². The lowest BCUT2D eigenvalue weighted by molar-refractivity contribution is -0.116. The summed E-state index contributed by atoms with van der Waals surface area (Å²) in [4.78, 5) is 55.1. The van der Waals surface area contributed by atoms with Gasteiger partial charge in [0, 0.05) is 19.0 Å². The van der Waals surface area contributed by atoms with Crippen molar-refractivity contribution < 1.29 is 14.3 Å². The SMILES string of the molecule is COC(=O)c1c(NC(=O)Cn2cnc3c2c(=O)n(C)c(=O)n3C)sc2c1CC[C@@H](C)C2. The van der Waals surface area contributed by atoms with Gasteiger partial charge in [0.25, 0.3) is 5.56 Å². The second-order valence-corrected chi connectivity index (χ2v) is 8.95. The Morgan fingerprint density at radius 3 is 2.74 bits per heavy atom. The van der Waals surface area contributed by atoms with E-state index in [2.05, 4.69) is 17.2 Å². The van der Waals surface area contributed by atoms with E-state index in [4.69, 9.17) is 4.74 Å². The normalized spacial score (nSPS) is 15.7. The van der Waals surface area contributed by atoms with Crippen LogP contribution in [0.5, 0.6) is 0 Å². The van der Waals surface area contributed by atoms with Gasteiger partial charge in [-0.3, -0.25) is 18.7 Å². The summed E-state index contributed by atoms with van der Waals surface area (Å²) in [6, 6.07) is 0. The highest BCUT2D eigenvalue weighted by molar-refractivity contribution is 7.17. The monoisotopic (exact) mass is 445 g/mol. The summed E-state index contributed by atoms with van der Waals surface area (Å²) in [5.41, 5.74) is 0.704. The highest BCUT2D eigenvalue weighted by Gasteiger charge is 2.29. The maximum Gasteiger partial charge on any atom is 0.341 e. The van der Waals surface area contributed by atoms with Gasteiger partial charge >= 0.3 is 11.7 Å². The van der Waals surface area contributed by atoms with E-state index in [1.165, 1.54) is 48.0 Å². The molecule has 31 heavy (non-hydrogen) atoms. The second kappa shape index (κ2) is 7.80. The van der Waals surface area contributed by atoms with E-state index >= 15 is 0 Å². The van der Waals surface area contributed by atoms with Crippen LogP contribution in [0.3, 0.4) is 0 Å². The van der Waals surface area contributed by atoms with Crippen LogP contribution in [0.2, 0.25) is 0 Å². The molecular formula is C20H23N5O5S. The smallest absolute Gasteiger partial charge is 0.341 e. The van der Waals surface area contributed by atoms with Gasteiger partial charge in [0.05, 0.1) is 19.0 Å². The lowest BCUT2D eigenvalue weighted by Gasteiger charge is -2.18. The number of thiophene rings is 1. The lowest BCUT2D eigenvalue weighted by Crippen LogP contribution is -2.37. The molecule has 0 aromatic carbocycles. The molecule has 3 aromatic heterocycles. The maximum atomic E-state index is 12.8. The molecule has 4 rings (SSSR count). The Morgan fingerprint density at radius 2 is 2.03 bits per heavy atom. The number of anilines is 1. The molecule has 0 spiro atoms. The standard InChI is InChI=1S/C20H23N5O5S/c1-10-5-6-11-12(7-10)31-17(14(11)19(28)30-4)22-13(26)8-25-9-21-16-15(25)18(27)24(3)20(29)23(16)2/h9-10H,5-8H2,1-4H3,(H,22,26)/t10-/m1/s1. The van der Waals surface area contributed by atoms with Crippen molar-refractivity contribution in [3.63, 3.8) is 0 Å². The van der Waals surface area contributed by atoms with Crippen LogP contribution in [-0.4, -0.2) is 37.7 Å². The molecule has 10 nitrogen and oxygen atoms in total. The average molecular weight is 446 g/mol. The quantitative estimate of drug-likeness (QED) is 0.600. The zero-order chi connectivity index (χ0) is 22.4. The van der Waals surface area contributed by atoms with Crippen LogP contribution in [0.4, 0.5) is 5.00 Å². The molecule has 11 heteroatoms. The number of aryl methyl sites for hydroxylation is 1. The van der Waals surface area contributed by atoms with Gasteiger partial charge in [-0.2, -0.15) is 0 Å². The molecule has 0 saturated heterocycles. The minimum absolute atomic E-state index is 0.159. The summed E-state index contributed by atoms with van der Waals surface area (Å²) in [5.74, 6) is -0.369. The van der Waals surface area contributed by atoms with Crippen molar-refractivity contribution in [2.24, 2.45) is 20.0 Å². The molecular weight excluding hydrogens is 422 g/mol. The first-order chi connectivity index (χ1) is 14.7. The molecule has 1 atom stereocenters. The molecule has 0 bridgehead atoms. The highest BCUT2D eigenvalue weighted by Crippen LogP contribution is 2.40. The number of nitrogens with zero attached hydrogens (tertiary/aromatic N) is 4. The number of rotatable bonds is 4. The van der Waals surface area contributed by atoms with E-state index in [9.17, 15) is 19.2 Å². The van der Waals surface area contributed by atoms with Crippen molar-refractivity contribution in [1.82, 2.24) is 18.7 Å². The topological polar surface area (TPSA) is 117 Å². The molecule has 164 valence electrons. The minimum Gasteiger partial charge on any atom is -0.465 e. The Bertz CT molecular complexity index is 1330. The van der Waals surface area contributed by atoms with Gasteiger partial charge in [0.2, 0.25) is 5.91 Å². The number of hydrogen-bond acceptors (Lipinski definition) is 7. The van der Waals surface area contributed by atoms with Crippen LogP contribution in [-0.2, 0) is 43.0 Å². The number of hydrogen-bond donors (Lipinski definition) is 1. The Kier molecular flexibility index (Phi) is 5.29. The lowest BCUT2D eigenvalue weighted by atomic mass is 9.88. The molecule has 0 radical (unpaired) electrons. The molecule has 1 N–H and O–H groups in total. The van der Waals surface area contributed by atoms with Crippen molar-refractivity contribution in [1.29, 1.82) is 0 Å². The molecule has 1 aliphatic carbocycles. The van der Waals surface area contributed by atoms with Crippen LogP contribution < -0.4 is 16.6 Å². The van der Waals surface area contributed by atoms with E-state index < -0.39 is 23.1 Å². The Balaban J connectivity index is 1.67. The predicted octanol–water partition coefficient (Wildman–Crippen LogP) is 1.05. The van der Waals surface area contributed by atoms with Crippen LogP contribution >= 0.6 is 11.3 Å². The number of ether oxygens (including phenoxy) is 1. The molecule has 0 unspecified atom stereocenters. The average Bonchev–Trinajstić information content (AvgIpc) is 3.30. The van der Waals surface area contributed by atoms with E-state index in [-0.39, 0.29) is 17.7 Å². The summed E-state index contributed by atoms with van der Waals surface area (Å²) < 4.78 is 8.59. The number of nitrogens with one attached hydrogen (secondary N) is 1. The van der Waals surface area contributed by atoms with Gasteiger partial charge in [0.15, 0.2) is 11.2 Å². The maximum absolute atomic E-state index is 12.8.